The van der Waals surface area contributed by atoms with Crippen LogP contribution in [0.15, 0.2) is 23.8 Å². The van der Waals surface area contributed by atoms with Crippen molar-refractivity contribution in [3.05, 3.63) is 23.8 Å². The van der Waals surface area contributed by atoms with Crippen molar-refractivity contribution < 1.29 is 0 Å². The van der Waals surface area contributed by atoms with Crippen LogP contribution in [0.25, 0.3) is 0 Å². The summed E-state index contributed by atoms with van der Waals surface area (Å²) in [6.45, 7) is 6.10. The molecule has 0 atom stereocenters. The van der Waals surface area contributed by atoms with Gasteiger partial charge < -0.3 is 0 Å². The maximum absolute atomic E-state index is 3.80. The lowest BCUT2D eigenvalue weighted by molar-refractivity contribution is 0.530. The molecule has 0 unspecified atom stereocenters. The summed E-state index contributed by atoms with van der Waals surface area (Å²) in [5, 5.41) is 0. The maximum atomic E-state index is 3.80. The van der Waals surface area contributed by atoms with Crippen molar-refractivity contribution in [1.82, 2.24) is 0 Å². The molecular formula is C30H56. The van der Waals surface area contributed by atoms with Gasteiger partial charge in [0, 0.05) is 0 Å². The van der Waals surface area contributed by atoms with Gasteiger partial charge in [-0.2, -0.15) is 0 Å². The first-order valence-electron chi connectivity index (χ1n) is 14.2. The summed E-state index contributed by atoms with van der Waals surface area (Å²) < 4.78 is 0. The maximum Gasteiger partial charge on any atom is -0.0280 e. The third-order valence-corrected chi connectivity index (χ3v) is 7.20. The van der Waals surface area contributed by atoms with Gasteiger partial charge in [0.05, 0.1) is 0 Å². The van der Waals surface area contributed by atoms with E-state index in [0.717, 1.165) is 0 Å². The number of rotatable bonds is 24. The minimum atomic E-state index is 1.21. The van der Waals surface area contributed by atoms with Gasteiger partial charge in [-0.25, -0.2) is 0 Å². The lowest BCUT2D eigenvalue weighted by Gasteiger charge is -2.24. The molecule has 0 spiro atoms. The zero-order chi connectivity index (χ0) is 21.5. The third-order valence-electron chi connectivity index (χ3n) is 7.20. The molecule has 1 aliphatic carbocycles. The molecule has 0 saturated carbocycles. The van der Waals surface area contributed by atoms with E-state index < -0.39 is 0 Å². The smallest absolute Gasteiger partial charge is 0.0280 e. The van der Waals surface area contributed by atoms with Gasteiger partial charge in [-0.05, 0) is 51.4 Å². The highest BCUT2D eigenvalue weighted by molar-refractivity contribution is 5.24. The predicted molar refractivity (Wildman–Crippen MR) is 138 cm³/mol. The van der Waals surface area contributed by atoms with Crippen LogP contribution in [-0.4, -0.2) is 0 Å². The van der Waals surface area contributed by atoms with Crippen LogP contribution in [0.5, 0.6) is 0 Å². The summed E-state index contributed by atoms with van der Waals surface area (Å²) in [5.74, 6) is 0. The Bertz CT molecular complexity index is 402. The first-order valence-corrected chi connectivity index (χ1v) is 14.2. The van der Waals surface area contributed by atoms with Crippen LogP contribution in [0.3, 0.4) is 0 Å². The number of hydrogen-bond acceptors (Lipinski definition) is 0. The molecule has 30 heavy (non-hydrogen) atoms. The Morgan fingerprint density at radius 1 is 0.500 bits per heavy atom. The highest BCUT2D eigenvalue weighted by atomic mass is 14.2. The molecule has 0 heterocycles. The van der Waals surface area contributed by atoms with Crippen molar-refractivity contribution in [1.29, 1.82) is 0 Å². The van der Waals surface area contributed by atoms with E-state index in [1.54, 1.807) is 0 Å². The molecule has 0 aromatic rings. The largest absolute Gasteiger partial charge is 0.103 e. The third kappa shape index (κ3) is 16.2. The Kier molecular flexibility index (Phi) is 19.9. The van der Waals surface area contributed by atoms with Gasteiger partial charge in [-0.1, -0.05) is 133 Å². The second-order valence-corrected chi connectivity index (χ2v) is 10.0. The number of hydrogen-bond donors (Lipinski definition) is 0. The van der Waals surface area contributed by atoms with Crippen molar-refractivity contribution in [2.24, 2.45) is 0 Å². The van der Waals surface area contributed by atoms with Crippen LogP contribution < -0.4 is 0 Å². The Balaban J connectivity index is 1.78. The summed E-state index contributed by atoms with van der Waals surface area (Å²) in [7, 11) is 0. The zero-order valence-corrected chi connectivity index (χ0v) is 21.0. The highest BCUT2D eigenvalue weighted by Gasteiger charge is 2.15. The molecule has 176 valence electrons. The van der Waals surface area contributed by atoms with Gasteiger partial charge >= 0.3 is 0 Å². The van der Waals surface area contributed by atoms with E-state index >= 15 is 0 Å². The van der Waals surface area contributed by atoms with Gasteiger partial charge in [-0.15, -0.1) is 6.58 Å². The van der Waals surface area contributed by atoms with Gasteiger partial charge in [0.1, 0.15) is 0 Å². The fourth-order valence-electron chi connectivity index (χ4n) is 4.95. The molecule has 0 saturated heterocycles. The minimum absolute atomic E-state index is 1.21. The van der Waals surface area contributed by atoms with Crippen molar-refractivity contribution in [3.8, 4) is 0 Å². The van der Waals surface area contributed by atoms with E-state index in [1.165, 1.54) is 161 Å². The van der Waals surface area contributed by atoms with Crippen LogP contribution in [0.2, 0.25) is 0 Å². The molecule has 0 bridgehead atoms. The Morgan fingerprint density at radius 3 is 1.17 bits per heavy atom. The molecule has 1 aliphatic rings. The molecule has 0 aromatic heterocycles. The van der Waals surface area contributed by atoms with Crippen molar-refractivity contribution in [2.45, 2.75) is 167 Å². The zero-order valence-electron chi connectivity index (χ0n) is 21.0. The van der Waals surface area contributed by atoms with Gasteiger partial charge in [-0.3, -0.25) is 0 Å². The summed E-state index contributed by atoms with van der Waals surface area (Å²) in [4.78, 5) is 0. The number of unbranched alkanes of at least 4 members (excludes halogenated alkanes) is 19. The summed E-state index contributed by atoms with van der Waals surface area (Å²) in [5.41, 5.74) is 3.73. The van der Waals surface area contributed by atoms with E-state index in [2.05, 4.69) is 19.6 Å². The van der Waals surface area contributed by atoms with Crippen LogP contribution in [0.1, 0.15) is 167 Å². The van der Waals surface area contributed by atoms with E-state index in [9.17, 15) is 0 Å². The van der Waals surface area contributed by atoms with Crippen LogP contribution in [-0.2, 0) is 0 Å². The second-order valence-electron chi connectivity index (χ2n) is 10.0. The summed E-state index contributed by atoms with van der Waals surface area (Å²) >= 11 is 0. The molecular weight excluding hydrogens is 360 g/mol. The van der Waals surface area contributed by atoms with Crippen LogP contribution in [0.4, 0.5) is 0 Å². The van der Waals surface area contributed by atoms with Crippen molar-refractivity contribution >= 4 is 0 Å². The van der Waals surface area contributed by atoms with Crippen molar-refractivity contribution in [3.63, 3.8) is 0 Å². The molecule has 0 nitrogen and oxygen atoms in total. The molecule has 1 rings (SSSR count). The van der Waals surface area contributed by atoms with Gasteiger partial charge in [0.25, 0.3) is 0 Å². The molecule has 0 aliphatic heterocycles. The molecule has 0 N–H and O–H groups in total. The number of allylic oxidation sites excluding steroid dienone is 3. The standard InChI is InChI=1S/C30H56/c1-3-5-7-9-11-12-13-14-15-16-17-18-19-20-22-24-26-30-28-27-29(30)25-23-21-10-8-6-4-2/h3H,1,4-28H2,2H3. The summed E-state index contributed by atoms with van der Waals surface area (Å²) in [6.07, 6.45) is 38.0. The van der Waals surface area contributed by atoms with Crippen molar-refractivity contribution in [2.75, 3.05) is 0 Å². The normalized spacial score (nSPS) is 13.6. The lowest BCUT2D eigenvalue weighted by atomic mass is 9.82. The topological polar surface area (TPSA) is 0 Å². The average Bonchev–Trinajstić information content (AvgIpc) is 2.74. The fraction of sp³-hybridized carbons (Fsp3) is 0.867. The van der Waals surface area contributed by atoms with E-state index in [4.69, 9.17) is 0 Å². The van der Waals surface area contributed by atoms with E-state index in [0.29, 0.717) is 0 Å². The Morgan fingerprint density at radius 2 is 0.833 bits per heavy atom. The first kappa shape index (κ1) is 27.5. The Hall–Kier alpha value is -0.520. The predicted octanol–water partition coefficient (Wildman–Crippen LogP) is 11.3. The van der Waals surface area contributed by atoms with Gasteiger partial charge in [0.15, 0.2) is 0 Å². The second kappa shape index (κ2) is 21.7. The minimum Gasteiger partial charge on any atom is -0.103 e. The monoisotopic (exact) mass is 416 g/mol. The molecule has 0 radical (unpaired) electrons. The van der Waals surface area contributed by atoms with E-state index in [1.807, 2.05) is 11.1 Å². The van der Waals surface area contributed by atoms with E-state index in [-0.39, 0.29) is 0 Å². The first-order chi connectivity index (χ1) is 14.9. The van der Waals surface area contributed by atoms with Crippen LogP contribution >= 0.6 is 0 Å². The SMILES string of the molecule is C=CCCCCCCCCCCCCCCCCC1=C(CCCCCCCC)CC1. The average molecular weight is 417 g/mol. The fourth-order valence-corrected chi connectivity index (χ4v) is 4.95. The summed E-state index contributed by atoms with van der Waals surface area (Å²) in [6, 6.07) is 0. The molecule has 0 heteroatoms. The Labute approximate surface area is 191 Å². The molecule has 0 amide bonds. The molecule has 0 fully saturated rings. The molecule has 0 aromatic carbocycles. The highest BCUT2D eigenvalue weighted by Crippen LogP contribution is 2.35. The van der Waals surface area contributed by atoms with Crippen LogP contribution in [0, 0.1) is 0 Å². The lowest BCUT2D eigenvalue weighted by Crippen LogP contribution is -2.04. The van der Waals surface area contributed by atoms with Gasteiger partial charge in [0.2, 0.25) is 0 Å². The quantitative estimate of drug-likeness (QED) is 0.108.